The molecule has 2 rings (SSSR count). The Hall–Kier alpha value is -0.630. The Morgan fingerprint density at radius 2 is 2.17 bits per heavy atom. The van der Waals surface area contributed by atoms with Crippen LogP contribution in [0.25, 0.3) is 0 Å². The van der Waals surface area contributed by atoms with E-state index in [9.17, 15) is 0 Å². The average molecular weight is 378 g/mol. The van der Waals surface area contributed by atoms with Crippen LogP contribution < -0.4 is 11.3 Å². The molecule has 0 amide bonds. The van der Waals surface area contributed by atoms with Gasteiger partial charge in [0, 0.05) is 11.6 Å². The highest BCUT2D eigenvalue weighted by molar-refractivity contribution is 9.10. The summed E-state index contributed by atoms with van der Waals surface area (Å²) in [6, 6.07) is 1.92. The van der Waals surface area contributed by atoms with E-state index in [1.54, 1.807) is 12.5 Å². The standard InChI is InChI=1S/C11H14Br2N4O/c1-6(2)17-10(8(12)5-15-17)9(16-14)7-3-4-18-11(7)13/h3-6,9,16H,14H2,1-2H3. The largest absolute Gasteiger partial charge is 0.457 e. The Morgan fingerprint density at radius 1 is 1.44 bits per heavy atom. The van der Waals surface area contributed by atoms with Crippen LogP contribution in [-0.2, 0) is 0 Å². The third-order valence-electron chi connectivity index (χ3n) is 2.67. The van der Waals surface area contributed by atoms with Crippen molar-refractivity contribution >= 4 is 31.9 Å². The van der Waals surface area contributed by atoms with Crippen LogP contribution in [0.1, 0.15) is 37.2 Å². The van der Waals surface area contributed by atoms with Crippen molar-refractivity contribution in [1.29, 1.82) is 0 Å². The van der Waals surface area contributed by atoms with Crippen LogP contribution in [0.5, 0.6) is 0 Å². The number of aromatic nitrogens is 2. The Labute approximate surface area is 122 Å². The van der Waals surface area contributed by atoms with Gasteiger partial charge in [0.15, 0.2) is 4.67 Å². The molecule has 2 aromatic rings. The molecular weight excluding hydrogens is 364 g/mol. The first-order valence-corrected chi connectivity index (χ1v) is 7.06. The van der Waals surface area contributed by atoms with E-state index in [1.807, 2.05) is 10.7 Å². The number of hydrogen-bond acceptors (Lipinski definition) is 4. The first-order valence-electron chi connectivity index (χ1n) is 5.48. The van der Waals surface area contributed by atoms with Gasteiger partial charge in [-0.15, -0.1) is 0 Å². The Balaban J connectivity index is 2.52. The van der Waals surface area contributed by atoms with E-state index < -0.39 is 0 Å². The van der Waals surface area contributed by atoms with Gasteiger partial charge in [-0.1, -0.05) is 0 Å². The summed E-state index contributed by atoms with van der Waals surface area (Å²) in [5, 5.41) is 4.35. The van der Waals surface area contributed by atoms with Gasteiger partial charge < -0.3 is 4.42 Å². The molecule has 18 heavy (non-hydrogen) atoms. The first-order chi connectivity index (χ1) is 8.56. The summed E-state index contributed by atoms with van der Waals surface area (Å²) in [6.45, 7) is 4.14. The molecule has 0 aliphatic rings. The number of rotatable bonds is 4. The quantitative estimate of drug-likeness (QED) is 0.634. The highest BCUT2D eigenvalue weighted by Gasteiger charge is 2.25. The molecule has 0 saturated heterocycles. The SMILES string of the molecule is CC(C)n1ncc(Br)c1C(NN)c1ccoc1Br. The van der Waals surface area contributed by atoms with Gasteiger partial charge >= 0.3 is 0 Å². The number of halogens is 2. The molecule has 0 aromatic carbocycles. The molecule has 0 aliphatic heterocycles. The minimum atomic E-state index is -0.197. The van der Waals surface area contributed by atoms with Crippen molar-refractivity contribution in [3.8, 4) is 0 Å². The van der Waals surface area contributed by atoms with Crippen LogP contribution in [0, 0.1) is 0 Å². The van der Waals surface area contributed by atoms with Gasteiger partial charge in [0.1, 0.15) is 0 Å². The zero-order chi connectivity index (χ0) is 13.3. The van der Waals surface area contributed by atoms with Crippen LogP contribution in [0.2, 0.25) is 0 Å². The summed E-state index contributed by atoms with van der Waals surface area (Å²) in [7, 11) is 0. The van der Waals surface area contributed by atoms with Crippen molar-refractivity contribution in [2.45, 2.75) is 25.9 Å². The zero-order valence-corrected chi connectivity index (χ0v) is 13.2. The lowest BCUT2D eigenvalue weighted by Crippen LogP contribution is -2.31. The van der Waals surface area contributed by atoms with Crippen LogP contribution in [0.4, 0.5) is 0 Å². The monoisotopic (exact) mass is 376 g/mol. The van der Waals surface area contributed by atoms with Gasteiger partial charge in [-0.25, -0.2) is 5.43 Å². The van der Waals surface area contributed by atoms with Crippen molar-refractivity contribution in [2.24, 2.45) is 5.84 Å². The topological polar surface area (TPSA) is 69.0 Å². The molecular formula is C11H14Br2N4O. The smallest absolute Gasteiger partial charge is 0.174 e. The second-order valence-corrected chi connectivity index (χ2v) is 5.74. The lowest BCUT2D eigenvalue weighted by Gasteiger charge is -2.19. The molecule has 2 aromatic heterocycles. The van der Waals surface area contributed by atoms with Crippen molar-refractivity contribution in [1.82, 2.24) is 15.2 Å². The van der Waals surface area contributed by atoms with Crippen LogP contribution in [0.3, 0.4) is 0 Å². The van der Waals surface area contributed by atoms with Gasteiger partial charge in [0.25, 0.3) is 0 Å². The van der Waals surface area contributed by atoms with E-state index in [0.717, 1.165) is 15.7 Å². The minimum absolute atomic E-state index is 0.197. The van der Waals surface area contributed by atoms with Gasteiger partial charge in [-0.3, -0.25) is 10.5 Å². The zero-order valence-electron chi connectivity index (χ0n) is 10.0. The summed E-state index contributed by atoms with van der Waals surface area (Å²) in [4.78, 5) is 0. The number of nitrogens with two attached hydrogens (primary N) is 1. The van der Waals surface area contributed by atoms with Crippen molar-refractivity contribution < 1.29 is 4.42 Å². The van der Waals surface area contributed by atoms with E-state index >= 15 is 0 Å². The molecule has 1 unspecified atom stereocenters. The molecule has 0 saturated carbocycles. The first kappa shape index (κ1) is 13.8. The van der Waals surface area contributed by atoms with Crippen molar-refractivity contribution in [2.75, 3.05) is 0 Å². The fourth-order valence-corrected chi connectivity index (χ4v) is 2.83. The molecule has 0 bridgehead atoms. The van der Waals surface area contributed by atoms with E-state index in [1.165, 1.54) is 0 Å². The molecule has 0 spiro atoms. The summed E-state index contributed by atoms with van der Waals surface area (Å²) >= 11 is 6.88. The maximum absolute atomic E-state index is 5.69. The Kier molecular flexibility index (Phi) is 4.26. The molecule has 5 nitrogen and oxygen atoms in total. The van der Waals surface area contributed by atoms with E-state index in [0.29, 0.717) is 4.67 Å². The molecule has 0 aliphatic carbocycles. The lowest BCUT2D eigenvalue weighted by molar-refractivity contribution is 0.469. The number of furan rings is 1. The van der Waals surface area contributed by atoms with Crippen LogP contribution >= 0.6 is 31.9 Å². The number of hydrogen-bond donors (Lipinski definition) is 2. The molecule has 98 valence electrons. The summed E-state index contributed by atoms with van der Waals surface area (Å²) in [6.07, 6.45) is 3.39. The highest BCUT2D eigenvalue weighted by atomic mass is 79.9. The minimum Gasteiger partial charge on any atom is -0.457 e. The third kappa shape index (κ3) is 2.40. The lowest BCUT2D eigenvalue weighted by atomic mass is 10.1. The van der Waals surface area contributed by atoms with Gasteiger partial charge in [0.2, 0.25) is 0 Å². The van der Waals surface area contributed by atoms with Crippen LogP contribution in [-0.4, -0.2) is 9.78 Å². The predicted octanol–water partition coefficient (Wildman–Crippen LogP) is 3.13. The Bertz CT molecular complexity index is 535. The summed E-state index contributed by atoms with van der Waals surface area (Å²) in [5.74, 6) is 5.69. The number of hydrazine groups is 1. The number of nitrogens with one attached hydrogen (secondary N) is 1. The number of nitrogens with zero attached hydrogens (tertiary/aromatic N) is 2. The fraction of sp³-hybridized carbons (Fsp3) is 0.364. The maximum atomic E-state index is 5.69. The highest BCUT2D eigenvalue weighted by Crippen LogP contribution is 2.33. The van der Waals surface area contributed by atoms with Crippen molar-refractivity contribution in [3.05, 3.63) is 38.9 Å². The third-order valence-corrected chi connectivity index (χ3v) is 3.93. The predicted molar refractivity (Wildman–Crippen MR) is 75.9 cm³/mol. The van der Waals surface area contributed by atoms with Gasteiger partial charge in [-0.2, -0.15) is 5.10 Å². The summed E-state index contributed by atoms with van der Waals surface area (Å²) < 4.78 is 8.76. The second kappa shape index (κ2) is 5.56. The van der Waals surface area contributed by atoms with Gasteiger partial charge in [0.05, 0.1) is 28.7 Å². The molecule has 7 heteroatoms. The molecule has 2 heterocycles. The molecule has 3 N–H and O–H groups in total. The van der Waals surface area contributed by atoms with Crippen molar-refractivity contribution in [3.63, 3.8) is 0 Å². The molecule has 1 atom stereocenters. The van der Waals surface area contributed by atoms with E-state index in [4.69, 9.17) is 10.3 Å². The van der Waals surface area contributed by atoms with E-state index in [2.05, 4.69) is 56.2 Å². The normalized spacial score (nSPS) is 13.2. The fourth-order valence-electron chi connectivity index (χ4n) is 1.86. The summed E-state index contributed by atoms with van der Waals surface area (Å²) in [5.41, 5.74) is 4.70. The van der Waals surface area contributed by atoms with E-state index in [-0.39, 0.29) is 12.1 Å². The van der Waals surface area contributed by atoms with Gasteiger partial charge in [-0.05, 0) is 51.8 Å². The average Bonchev–Trinajstić information content (AvgIpc) is 2.89. The van der Waals surface area contributed by atoms with Crippen LogP contribution in [0.15, 0.2) is 32.1 Å². The second-order valence-electron chi connectivity index (χ2n) is 4.17. The molecule has 0 radical (unpaired) electrons. The maximum Gasteiger partial charge on any atom is 0.174 e. The Morgan fingerprint density at radius 3 is 2.67 bits per heavy atom. The molecule has 0 fully saturated rings.